The molecule has 20 heavy (non-hydrogen) atoms. The molecule has 114 valence electrons. The van der Waals surface area contributed by atoms with Crippen LogP contribution in [0.2, 0.25) is 0 Å². The lowest BCUT2D eigenvalue weighted by Gasteiger charge is -2.40. The van der Waals surface area contributed by atoms with E-state index >= 15 is 0 Å². The second-order valence-electron chi connectivity index (χ2n) is 6.62. The molecule has 3 N–H and O–H groups in total. The topological polar surface area (TPSA) is 78.9 Å². The first-order valence-corrected chi connectivity index (χ1v) is 7.80. The predicted molar refractivity (Wildman–Crippen MR) is 78.5 cm³/mol. The number of amides is 1. The summed E-state index contributed by atoms with van der Waals surface area (Å²) < 4.78 is 0. The molecule has 2 aliphatic carbocycles. The number of nitrogens with zero attached hydrogens (tertiary/aromatic N) is 2. The zero-order valence-corrected chi connectivity index (χ0v) is 12.6. The highest BCUT2D eigenvalue weighted by Gasteiger charge is 2.47. The summed E-state index contributed by atoms with van der Waals surface area (Å²) in [5.74, 6) is 0.812. The van der Waals surface area contributed by atoms with Gasteiger partial charge in [-0.25, -0.2) is 0 Å². The highest BCUT2D eigenvalue weighted by Crippen LogP contribution is 2.40. The van der Waals surface area contributed by atoms with Gasteiger partial charge in [0.1, 0.15) is 5.41 Å². The number of carbonyl (C=O) groups is 1. The molecule has 2 aliphatic rings. The molecule has 5 heteroatoms. The standard InChI is InChI=1S/C15H27N3O2/c1-11(2)18(10-12-6-7-12)14(19)15(13(16)17-20)8-4-3-5-9-15/h11-12,20H,3-10H2,1-2H3,(H2,16,17). The largest absolute Gasteiger partial charge is 0.409 e. The first kappa shape index (κ1) is 15.1. The summed E-state index contributed by atoms with van der Waals surface area (Å²) in [6.07, 6.45) is 6.90. The summed E-state index contributed by atoms with van der Waals surface area (Å²) in [5.41, 5.74) is 5.15. The normalized spacial score (nSPS) is 22.9. The maximum Gasteiger partial charge on any atom is 0.236 e. The minimum Gasteiger partial charge on any atom is -0.409 e. The Morgan fingerprint density at radius 2 is 1.95 bits per heavy atom. The number of oxime groups is 1. The molecule has 2 fully saturated rings. The molecule has 0 aromatic carbocycles. The summed E-state index contributed by atoms with van der Waals surface area (Å²) >= 11 is 0. The third-order valence-electron chi connectivity index (χ3n) is 4.75. The second kappa shape index (κ2) is 6.02. The molecule has 0 aromatic rings. The van der Waals surface area contributed by atoms with Crippen molar-refractivity contribution in [2.75, 3.05) is 6.54 Å². The number of carbonyl (C=O) groups excluding carboxylic acids is 1. The van der Waals surface area contributed by atoms with E-state index in [1.165, 1.54) is 12.8 Å². The Morgan fingerprint density at radius 3 is 2.40 bits per heavy atom. The SMILES string of the molecule is CC(C)N(CC1CC1)C(=O)C1(C(N)=NO)CCCCC1. The quantitative estimate of drug-likeness (QED) is 0.351. The fourth-order valence-corrected chi connectivity index (χ4v) is 3.21. The Balaban J connectivity index is 2.23. The van der Waals surface area contributed by atoms with Crippen LogP contribution in [0.5, 0.6) is 0 Å². The van der Waals surface area contributed by atoms with Crippen LogP contribution < -0.4 is 5.73 Å². The van der Waals surface area contributed by atoms with Gasteiger partial charge in [-0.15, -0.1) is 0 Å². The van der Waals surface area contributed by atoms with Gasteiger partial charge in [0, 0.05) is 12.6 Å². The number of hydrogen-bond donors (Lipinski definition) is 2. The van der Waals surface area contributed by atoms with Crippen molar-refractivity contribution >= 4 is 11.7 Å². The van der Waals surface area contributed by atoms with E-state index in [0.29, 0.717) is 18.8 Å². The molecule has 0 radical (unpaired) electrons. The van der Waals surface area contributed by atoms with Gasteiger partial charge in [0.05, 0.1) is 0 Å². The lowest BCUT2D eigenvalue weighted by atomic mass is 9.71. The van der Waals surface area contributed by atoms with Gasteiger partial charge in [0.2, 0.25) is 5.91 Å². The highest BCUT2D eigenvalue weighted by atomic mass is 16.4. The van der Waals surface area contributed by atoms with Crippen molar-refractivity contribution in [3.05, 3.63) is 0 Å². The third kappa shape index (κ3) is 2.91. The number of hydrogen-bond acceptors (Lipinski definition) is 3. The Morgan fingerprint density at radius 1 is 1.35 bits per heavy atom. The molecule has 2 rings (SSSR count). The van der Waals surface area contributed by atoms with Gasteiger partial charge in [0.25, 0.3) is 0 Å². The first-order valence-electron chi connectivity index (χ1n) is 7.80. The highest BCUT2D eigenvalue weighted by molar-refractivity contribution is 6.06. The van der Waals surface area contributed by atoms with Gasteiger partial charge in [-0.05, 0) is 45.4 Å². The predicted octanol–water partition coefficient (Wildman–Crippen LogP) is 2.33. The van der Waals surface area contributed by atoms with Crippen molar-refractivity contribution in [3.63, 3.8) is 0 Å². The van der Waals surface area contributed by atoms with Crippen molar-refractivity contribution in [1.29, 1.82) is 0 Å². The summed E-state index contributed by atoms with van der Waals surface area (Å²) in [4.78, 5) is 15.0. The fraction of sp³-hybridized carbons (Fsp3) is 0.867. The maximum absolute atomic E-state index is 13.1. The fourth-order valence-electron chi connectivity index (χ4n) is 3.21. The Hall–Kier alpha value is -1.26. The van der Waals surface area contributed by atoms with E-state index in [4.69, 9.17) is 10.9 Å². The lowest BCUT2D eigenvalue weighted by Crippen LogP contribution is -2.54. The molecule has 5 nitrogen and oxygen atoms in total. The van der Waals surface area contributed by atoms with E-state index in [1.807, 2.05) is 18.7 Å². The van der Waals surface area contributed by atoms with Crippen LogP contribution in [0.3, 0.4) is 0 Å². The molecule has 1 amide bonds. The molecule has 0 aliphatic heterocycles. The molecule has 0 bridgehead atoms. The average molecular weight is 281 g/mol. The second-order valence-corrected chi connectivity index (χ2v) is 6.62. The van der Waals surface area contributed by atoms with Crippen LogP contribution in [-0.2, 0) is 4.79 Å². The van der Waals surface area contributed by atoms with E-state index < -0.39 is 5.41 Å². The summed E-state index contributed by atoms with van der Waals surface area (Å²) in [5, 5.41) is 12.3. The van der Waals surface area contributed by atoms with E-state index in [-0.39, 0.29) is 17.8 Å². The number of nitrogens with two attached hydrogens (primary N) is 1. The van der Waals surface area contributed by atoms with Crippen LogP contribution in [-0.4, -0.2) is 34.4 Å². The van der Waals surface area contributed by atoms with Gasteiger partial charge < -0.3 is 15.8 Å². The van der Waals surface area contributed by atoms with Crippen molar-refractivity contribution in [2.45, 2.75) is 64.8 Å². The van der Waals surface area contributed by atoms with Gasteiger partial charge in [0.15, 0.2) is 5.84 Å². The minimum atomic E-state index is -0.772. The lowest BCUT2D eigenvalue weighted by molar-refractivity contribution is -0.142. The average Bonchev–Trinajstić information content (AvgIpc) is 3.27. The molecule has 0 atom stereocenters. The zero-order valence-electron chi connectivity index (χ0n) is 12.6. The van der Waals surface area contributed by atoms with Crippen LogP contribution in [0.1, 0.15) is 58.8 Å². The van der Waals surface area contributed by atoms with E-state index in [0.717, 1.165) is 25.8 Å². The van der Waals surface area contributed by atoms with Crippen LogP contribution in [0.15, 0.2) is 5.16 Å². The van der Waals surface area contributed by atoms with Crippen LogP contribution in [0.25, 0.3) is 0 Å². The first-order chi connectivity index (χ1) is 9.51. The molecular formula is C15H27N3O2. The van der Waals surface area contributed by atoms with E-state index in [2.05, 4.69) is 5.16 Å². The van der Waals surface area contributed by atoms with Crippen molar-refractivity contribution < 1.29 is 10.0 Å². The molecular weight excluding hydrogens is 254 g/mol. The monoisotopic (exact) mass is 281 g/mol. The summed E-state index contributed by atoms with van der Waals surface area (Å²) in [6.45, 7) is 4.91. The third-order valence-corrected chi connectivity index (χ3v) is 4.75. The van der Waals surface area contributed by atoms with Crippen LogP contribution in [0.4, 0.5) is 0 Å². The number of amidine groups is 1. The molecule has 0 unspecified atom stereocenters. The van der Waals surface area contributed by atoms with Gasteiger partial charge >= 0.3 is 0 Å². The molecule has 0 saturated heterocycles. The summed E-state index contributed by atoms with van der Waals surface area (Å²) in [7, 11) is 0. The molecule has 0 aromatic heterocycles. The summed E-state index contributed by atoms with van der Waals surface area (Å²) in [6, 6.07) is 0.161. The zero-order chi connectivity index (χ0) is 14.8. The van der Waals surface area contributed by atoms with Gasteiger partial charge in [-0.1, -0.05) is 24.4 Å². The minimum absolute atomic E-state index is 0.0643. The van der Waals surface area contributed by atoms with Crippen LogP contribution in [0, 0.1) is 11.3 Å². The van der Waals surface area contributed by atoms with E-state index in [1.54, 1.807) is 0 Å². The number of rotatable bonds is 5. The van der Waals surface area contributed by atoms with Crippen molar-refractivity contribution in [1.82, 2.24) is 4.90 Å². The Labute approximate surface area is 121 Å². The van der Waals surface area contributed by atoms with E-state index in [9.17, 15) is 4.79 Å². The Bertz CT molecular complexity index is 383. The van der Waals surface area contributed by atoms with Crippen molar-refractivity contribution in [3.8, 4) is 0 Å². The molecule has 2 saturated carbocycles. The molecule has 0 heterocycles. The molecule has 0 spiro atoms. The van der Waals surface area contributed by atoms with Crippen LogP contribution >= 0.6 is 0 Å². The van der Waals surface area contributed by atoms with Gasteiger partial charge in [-0.3, -0.25) is 4.79 Å². The van der Waals surface area contributed by atoms with Gasteiger partial charge in [-0.2, -0.15) is 0 Å². The Kier molecular flexibility index (Phi) is 4.55. The maximum atomic E-state index is 13.1. The van der Waals surface area contributed by atoms with Crippen molar-refractivity contribution in [2.24, 2.45) is 22.2 Å². The smallest absolute Gasteiger partial charge is 0.236 e.